The van der Waals surface area contributed by atoms with Crippen molar-refractivity contribution >= 4 is 34.8 Å². The van der Waals surface area contributed by atoms with Crippen LogP contribution in [0.1, 0.15) is 44.7 Å². The highest BCUT2D eigenvalue weighted by Crippen LogP contribution is 2.26. The number of hydrogen-bond donors (Lipinski definition) is 1. The third kappa shape index (κ3) is 5.78. The number of esters is 1. The van der Waals surface area contributed by atoms with Gasteiger partial charge in [0.25, 0.3) is 5.91 Å². The van der Waals surface area contributed by atoms with Gasteiger partial charge in [0, 0.05) is 22.0 Å². The third-order valence-corrected chi connectivity index (χ3v) is 5.75. The average molecular weight is 407 g/mol. The van der Waals surface area contributed by atoms with E-state index in [1.807, 2.05) is 23.6 Å². The molecular weight excluding hydrogens is 384 g/mol. The number of aromatic nitrogens is 1. The van der Waals surface area contributed by atoms with Crippen molar-refractivity contribution in [3.63, 3.8) is 0 Å². The molecule has 1 aliphatic carbocycles. The van der Waals surface area contributed by atoms with Crippen LogP contribution in [0.4, 0.5) is 0 Å². The monoisotopic (exact) mass is 406 g/mol. The van der Waals surface area contributed by atoms with Crippen molar-refractivity contribution in [1.82, 2.24) is 10.3 Å². The van der Waals surface area contributed by atoms with E-state index in [9.17, 15) is 9.59 Å². The highest BCUT2D eigenvalue weighted by atomic mass is 35.5. The van der Waals surface area contributed by atoms with E-state index >= 15 is 0 Å². The lowest BCUT2D eigenvalue weighted by Gasteiger charge is -2.24. The molecule has 1 fully saturated rings. The van der Waals surface area contributed by atoms with Crippen molar-refractivity contribution in [2.24, 2.45) is 0 Å². The first-order valence-electron chi connectivity index (χ1n) is 9.21. The van der Waals surface area contributed by atoms with Gasteiger partial charge in [0.1, 0.15) is 5.01 Å². The number of nitrogens with one attached hydrogen (secondary N) is 1. The van der Waals surface area contributed by atoms with Crippen LogP contribution in [-0.2, 0) is 20.7 Å². The Balaban J connectivity index is 1.50. The van der Waals surface area contributed by atoms with Crippen LogP contribution in [0.25, 0.3) is 10.6 Å². The summed E-state index contributed by atoms with van der Waals surface area (Å²) in [5.74, 6) is -0.683. The molecule has 0 bridgehead atoms. The number of benzene rings is 1. The van der Waals surface area contributed by atoms with Crippen molar-refractivity contribution in [2.45, 2.75) is 57.6 Å². The molecule has 1 saturated carbocycles. The number of hydrogen-bond acceptors (Lipinski definition) is 5. The van der Waals surface area contributed by atoms with E-state index in [1.165, 1.54) is 17.8 Å². The van der Waals surface area contributed by atoms with Gasteiger partial charge in [0.05, 0.1) is 12.1 Å². The van der Waals surface area contributed by atoms with Gasteiger partial charge in [-0.25, -0.2) is 4.98 Å². The van der Waals surface area contributed by atoms with Gasteiger partial charge in [0.15, 0.2) is 6.10 Å². The van der Waals surface area contributed by atoms with Gasteiger partial charge < -0.3 is 10.1 Å². The summed E-state index contributed by atoms with van der Waals surface area (Å²) in [6.45, 7) is 1.61. The molecule has 2 aromatic rings. The predicted octanol–water partition coefficient (Wildman–Crippen LogP) is 4.39. The van der Waals surface area contributed by atoms with Crippen molar-refractivity contribution in [2.75, 3.05) is 0 Å². The van der Waals surface area contributed by atoms with Gasteiger partial charge in [0.2, 0.25) is 0 Å². The molecule has 0 aliphatic heterocycles. The van der Waals surface area contributed by atoms with E-state index in [0.29, 0.717) is 10.7 Å². The van der Waals surface area contributed by atoms with E-state index < -0.39 is 12.1 Å². The molecule has 144 valence electrons. The van der Waals surface area contributed by atoms with Crippen molar-refractivity contribution in [3.05, 3.63) is 40.4 Å². The van der Waals surface area contributed by atoms with Crippen molar-refractivity contribution < 1.29 is 14.3 Å². The van der Waals surface area contributed by atoms with E-state index in [2.05, 4.69) is 10.3 Å². The largest absolute Gasteiger partial charge is 0.452 e. The van der Waals surface area contributed by atoms with Crippen LogP contribution in [0.2, 0.25) is 5.02 Å². The van der Waals surface area contributed by atoms with Gasteiger partial charge in [-0.05, 0) is 31.9 Å². The Morgan fingerprint density at radius 1 is 1.33 bits per heavy atom. The lowest BCUT2D eigenvalue weighted by molar-refractivity contribution is -0.154. The Kier molecular flexibility index (Phi) is 6.85. The molecule has 1 atom stereocenters. The van der Waals surface area contributed by atoms with Gasteiger partial charge in [-0.2, -0.15) is 0 Å². The molecule has 1 aromatic carbocycles. The summed E-state index contributed by atoms with van der Waals surface area (Å²) in [5.41, 5.74) is 1.53. The Bertz CT molecular complexity index is 802. The number of ether oxygens (including phenoxy) is 1. The second kappa shape index (κ2) is 9.33. The zero-order valence-corrected chi connectivity index (χ0v) is 16.8. The molecule has 27 heavy (non-hydrogen) atoms. The molecule has 1 aliphatic rings. The summed E-state index contributed by atoms with van der Waals surface area (Å²) in [7, 11) is 0. The summed E-state index contributed by atoms with van der Waals surface area (Å²) in [4.78, 5) is 28.8. The molecule has 0 saturated heterocycles. The minimum Gasteiger partial charge on any atom is -0.452 e. The number of rotatable bonds is 6. The molecule has 1 aromatic heterocycles. The first kappa shape index (κ1) is 19.8. The normalized spacial score (nSPS) is 15.9. The fraction of sp³-hybridized carbons (Fsp3) is 0.450. The summed E-state index contributed by atoms with van der Waals surface area (Å²) >= 11 is 7.45. The highest BCUT2D eigenvalue weighted by Gasteiger charge is 2.22. The maximum atomic E-state index is 12.2. The number of carbonyl (C=O) groups is 2. The van der Waals surface area contributed by atoms with Crippen LogP contribution in [0.3, 0.4) is 0 Å². The maximum absolute atomic E-state index is 12.2. The first-order valence-corrected chi connectivity index (χ1v) is 10.5. The lowest BCUT2D eigenvalue weighted by Crippen LogP contribution is -2.42. The standard InChI is InChI=1S/C20H23ClN2O3S/c1-13(19(25)22-16-8-3-2-4-9-16)26-18(24)11-17-12-27-20(23-17)14-6-5-7-15(21)10-14/h5-7,10,12-13,16H,2-4,8-9,11H2,1H3,(H,22,25). The second-order valence-corrected chi connectivity index (χ2v) is 8.10. The van der Waals surface area contributed by atoms with Gasteiger partial charge in [-0.1, -0.05) is 43.0 Å². The van der Waals surface area contributed by atoms with E-state index in [0.717, 1.165) is 36.3 Å². The summed E-state index contributed by atoms with van der Waals surface area (Å²) < 4.78 is 5.28. The van der Waals surface area contributed by atoms with Crippen LogP contribution in [0.15, 0.2) is 29.6 Å². The molecule has 1 N–H and O–H groups in total. The molecular formula is C20H23ClN2O3S. The minimum atomic E-state index is -0.800. The van der Waals surface area contributed by atoms with Crippen molar-refractivity contribution in [3.8, 4) is 10.6 Å². The zero-order valence-electron chi connectivity index (χ0n) is 15.2. The minimum absolute atomic E-state index is 0.0398. The molecule has 1 unspecified atom stereocenters. The van der Waals surface area contributed by atoms with Crippen LogP contribution in [0, 0.1) is 0 Å². The van der Waals surface area contributed by atoms with E-state index in [1.54, 1.807) is 13.0 Å². The zero-order chi connectivity index (χ0) is 19.2. The molecule has 3 rings (SSSR count). The van der Waals surface area contributed by atoms with Gasteiger partial charge in [-0.15, -0.1) is 11.3 Å². The molecule has 7 heteroatoms. The quantitative estimate of drug-likeness (QED) is 0.722. The Labute approximate surface area is 168 Å². The Hall–Kier alpha value is -1.92. The highest BCUT2D eigenvalue weighted by molar-refractivity contribution is 7.13. The van der Waals surface area contributed by atoms with Crippen LogP contribution in [-0.4, -0.2) is 29.0 Å². The molecule has 5 nitrogen and oxygen atoms in total. The summed E-state index contributed by atoms with van der Waals surface area (Å²) in [5, 5.41) is 6.24. The smallest absolute Gasteiger partial charge is 0.312 e. The molecule has 0 radical (unpaired) electrons. The van der Waals surface area contributed by atoms with E-state index in [4.69, 9.17) is 16.3 Å². The lowest BCUT2D eigenvalue weighted by atomic mass is 9.95. The van der Waals surface area contributed by atoms with Crippen LogP contribution in [0.5, 0.6) is 0 Å². The topological polar surface area (TPSA) is 68.3 Å². The fourth-order valence-corrected chi connectivity index (χ4v) is 4.15. The van der Waals surface area contributed by atoms with Crippen LogP contribution >= 0.6 is 22.9 Å². The Morgan fingerprint density at radius 2 is 2.11 bits per heavy atom. The van der Waals surface area contributed by atoms with Crippen LogP contribution < -0.4 is 5.32 Å². The maximum Gasteiger partial charge on any atom is 0.312 e. The van der Waals surface area contributed by atoms with Crippen molar-refractivity contribution in [1.29, 1.82) is 0 Å². The molecule has 1 amide bonds. The molecule has 0 spiro atoms. The predicted molar refractivity (Wildman–Crippen MR) is 107 cm³/mol. The summed E-state index contributed by atoms with van der Waals surface area (Å²) in [6.07, 6.45) is 4.73. The Morgan fingerprint density at radius 3 is 2.85 bits per heavy atom. The van der Waals surface area contributed by atoms with E-state index in [-0.39, 0.29) is 18.4 Å². The number of amides is 1. The number of thiazole rings is 1. The fourth-order valence-electron chi connectivity index (χ4n) is 3.15. The summed E-state index contributed by atoms with van der Waals surface area (Å²) in [6, 6.07) is 7.62. The SMILES string of the molecule is CC(OC(=O)Cc1csc(-c2cccc(Cl)c2)n1)C(=O)NC1CCCCC1. The molecule has 1 heterocycles. The number of nitrogens with zero attached hydrogens (tertiary/aromatic N) is 1. The second-order valence-electron chi connectivity index (χ2n) is 6.81. The average Bonchev–Trinajstić information content (AvgIpc) is 3.11. The third-order valence-electron chi connectivity index (χ3n) is 4.58. The number of carbonyl (C=O) groups excluding carboxylic acids is 2. The van der Waals surface area contributed by atoms with Gasteiger partial charge in [-0.3, -0.25) is 9.59 Å². The first-order chi connectivity index (χ1) is 13.0. The van der Waals surface area contributed by atoms with Gasteiger partial charge >= 0.3 is 5.97 Å². The number of halogens is 1.